The summed E-state index contributed by atoms with van der Waals surface area (Å²) in [5, 5.41) is 2.18. The number of halogens is 2. The highest BCUT2D eigenvalue weighted by atomic mass is 19.1. The normalized spacial score (nSPS) is 9.77. The minimum Gasteiger partial charge on any atom is -0.396 e. The van der Waals surface area contributed by atoms with Crippen LogP contribution in [0.4, 0.5) is 20.2 Å². The Kier molecular flexibility index (Phi) is 2.46. The fourth-order valence-corrected chi connectivity index (χ4v) is 0.851. The summed E-state index contributed by atoms with van der Waals surface area (Å²) in [5.41, 5.74) is 4.85. The molecule has 3 N–H and O–H groups in total. The van der Waals surface area contributed by atoms with E-state index in [2.05, 4.69) is 5.32 Å². The standard InChI is InChI=1S/C8H8F2N2O/c1-4(13)12-8-3-7(11)5(9)2-6(8)10/h2-3H,11H2,1H3,(H,12,13). The molecule has 0 heterocycles. The Morgan fingerprint density at radius 2 is 2.00 bits per heavy atom. The van der Waals surface area contributed by atoms with Crippen LogP contribution in [0, 0.1) is 11.6 Å². The van der Waals surface area contributed by atoms with Gasteiger partial charge in [0.1, 0.15) is 11.6 Å². The molecule has 70 valence electrons. The number of nitrogens with two attached hydrogens (primary N) is 1. The fourth-order valence-electron chi connectivity index (χ4n) is 0.851. The second kappa shape index (κ2) is 3.38. The zero-order valence-electron chi connectivity index (χ0n) is 6.90. The molecule has 0 aliphatic carbocycles. The molecule has 0 spiro atoms. The van der Waals surface area contributed by atoms with E-state index in [0.29, 0.717) is 6.07 Å². The quantitative estimate of drug-likeness (QED) is 0.653. The van der Waals surface area contributed by atoms with Crippen molar-refractivity contribution in [1.82, 2.24) is 0 Å². The van der Waals surface area contributed by atoms with Gasteiger partial charge >= 0.3 is 0 Å². The summed E-state index contributed by atoms with van der Waals surface area (Å²) in [6.45, 7) is 1.22. The van der Waals surface area contributed by atoms with Crippen molar-refractivity contribution in [2.75, 3.05) is 11.1 Å². The molecule has 0 unspecified atom stereocenters. The summed E-state index contributed by atoms with van der Waals surface area (Å²) < 4.78 is 25.5. The Bertz CT molecular complexity index is 352. The van der Waals surface area contributed by atoms with E-state index in [1.165, 1.54) is 6.92 Å². The molecule has 0 aliphatic rings. The number of rotatable bonds is 1. The number of hydrogen-bond acceptors (Lipinski definition) is 2. The highest BCUT2D eigenvalue weighted by Crippen LogP contribution is 2.20. The molecule has 0 atom stereocenters. The molecule has 5 heteroatoms. The summed E-state index contributed by atoms with van der Waals surface area (Å²) in [6, 6.07) is 1.66. The highest BCUT2D eigenvalue weighted by molar-refractivity contribution is 5.89. The number of nitrogen functional groups attached to an aromatic ring is 1. The van der Waals surface area contributed by atoms with Crippen LogP contribution in [-0.4, -0.2) is 5.91 Å². The third-order valence-corrected chi connectivity index (χ3v) is 1.40. The molecular formula is C8H8F2N2O. The van der Waals surface area contributed by atoms with Crippen LogP contribution in [0.2, 0.25) is 0 Å². The second-order valence-corrected chi connectivity index (χ2v) is 2.53. The van der Waals surface area contributed by atoms with E-state index < -0.39 is 17.5 Å². The van der Waals surface area contributed by atoms with Crippen molar-refractivity contribution in [1.29, 1.82) is 0 Å². The van der Waals surface area contributed by atoms with Gasteiger partial charge in [-0.05, 0) is 6.07 Å². The van der Waals surface area contributed by atoms with Crippen molar-refractivity contribution in [3.8, 4) is 0 Å². The predicted octanol–water partition coefficient (Wildman–Crippen LogP) is 1.51. The van der Waals surface area contributed by atoms with Gasteiger partial charge in [-0.1, -0.05) is 0 Å². The third-order valence-electron chi connectivity index (χ3n) is 1.40. The van der Waals surface area contributed by atoms with Crippen molar-refractivity contribution in [3.63, 3.8) is 0 Å². The van der Waals surface area contributed by atoms with E-state index in [1.807, 2.05) is 0 Å². The highest BCUT2D eigenvalue weighted by Gasteiger charge is 2.08. The molecular weight excluding hydrogens is 178 g/mol. The van der Waals surface area contributed by atoms with Gasteiger partial charge in [0.05, 0.1) is 11.4 Å². The first-order valence-electron chi connectivity index (χ1n) is 3.53. The lowest BCUT2D eigenvalue weighted by Gasteiger charge is -2.05. The maximum atomic E-state index is 12.9. The van der Waals surface area contributed by atoms with E-state index in [4.69, 9.17) is 5.73 Å². The Balaban J connectivity index is 3.08. The summed E-state index contributed by atoms with van der Waals surface area (Å²) in [6.07, 6.45) is 0. The molecule has 0 radical (unpaired) electrons. The molecule has 13 heavy (non-hydrogen) atoms. The van der Waals surface area contributed by atoms with E-state index in [0.717, 1.165) is 6.07 Å². The number of anilines is 2. The molecule has 1 aromatic rings. The van der Waals surface area contributed by atoms with E-state index in [9.17, 15) is 13.6 Å². The SMILES string of the molecule is CC(=O)Nc1cc(N)c(F)cc1F. The van der Waals surface area contributed by atoms with Crippen molar-refractivity contribution in [2.45, 2.75) is 6.92 Å². The average Bonchev–Trinajstić information content (AvgIpc) is 1.99. The topological polar surface area (TPSA) is 55.1 Å². The van der Waals surface area contributed by atoms with Crippen molar-refractivity contribution in [3.05, 3.63) is 23.8 Å². The smallest absolute Gasteiger partial charge is 0.221 e. The zero-order chi connectivity index (χ0) is 10.0. The summed E-state index contributed by atoms with van der Waals surface area (Å²) in [4.78, 5) is 10.5. The lowest BCUT2D eigenvalue weighted by atomic mass is 10.2. The van der Waals surface area contributed by atoms with E-state index in [1.54, 1.807) is 0 Å². The van der Waals surface area contributed by atoms with E-state index in [-0.39, 0.29) is 11.4 Å². The number of amides is 1. The molecule has 1 rings (SSSR count). The van der Waals surface area contributed by atoms with Gasteiger partial charge in [0.25, 0.3) is 0 Å². The van der Waals surface area contributed by atoms with Gasteiger partial charge in [0, 0.05) is 13.0 Å². The molecule has 1 amide bonds. The second-order valence-electron chi connectivity index (χ2n) is 2.53. The van der Waals surface area contributed by atoms with Crippen LogP contribution in [0.15, 0.2) is 12.1 Å². The molecule has 0 saturated carbocycles. The summed E-state index contributed by atoms with van der Waals surface area (Å²) in [7, 11) is 0. The predicted molar refractivity (Wildman–Crippen MR) is 45.1 cm³/mol. The van der Waals surface area contributed by atoms with Crippen LogP contribution >= 0.6 is 0 Å². The van der Waals surface area contributed by atoms with E-state index >= 15 is 0 Å². The van der Waals surface area contributed by atoms with Crippen molar-refractivity contribution < 1.29 is 13.6 Å². The number of benzene rings is 1. The van der Waals surface area contributed by atoms with Gasteiger partial charge in [-0.25, -0.2) is 8.78 Å². The van der Waals surface area contributed by atoms with Gasteiger partial charge in [-0.15, -0.1) is 0 Å². The minimum atomic E-state index is -0.845. The van der Waals surface area contributed by atoms with Crippen LogP contribution in [0.25, 0.3) is 0 Å². The van der Waals surface area contributed by atoms with Gasteiger partial charge in [0.15, 0.2) is 0 Å². The number of hydrogen-bond donors (Lipinski definition) is 2. The van der Waals surface area contributed by atoms with Crippen LogP contribution in [-0.2, 0) is 4.79 Å². The molecule has 0 bridgehead atoms. The van der Waals surface area contributed by atoms with Gasteiger partial charge in [-0.2, -0.15) is 0 Å². The lowest BCUT2D eigenvalue weighted by Crippen LogP contribution is -2.08. The number of carbonyl (C=O) groups excluding carboxylic acids is 1. The fraction of sp³-hybridized carbons (Fsp3) is 0.125. The Morgan fingerprint density at radius 3 is 2.54 bits per heavy atom. The first-order chi connectivity index (χ1) is 6.00. The third kappa shape index (κ3) is 2.14. The number of carbonyl (C=O) groups is 1. The number of nitrogens with one attached hydrogen (secondary N) is 1. The first kappa shape index (κ1) is 9.44. The molecule has 1 aromatic carbocycles. The van der Waals surface area contributed by atoms with Gasteiger partial charge in [-0.3, -0.25) is 4.79 Å². The van der Waals surface area contributed by atoms with Crippen LogP contribution in [0.5, 0.6) is 0 Å². The van der Waals surface area contributed by atoms with Crippen molar-refractivity contribution in [2.24, 2.45) is 0 Å². The van der Waals surface area contributed by atoms with Crippen LogP contribution in [0.1, 0.15) is 6.92 Å². The van der Waals surface area contributed by atoms with Crippen LogP contribution in [0.3, 0.4) is 0 Å². The molecule has 0 saturated heterocycles. The van der Waals surface area contributed by atoms with Crippen LogP contribution < -0.4 is 11.1 Å². The maximum absolute atomic E-state index is 12.9. The Hall–Kier alpha value is -1.65. The monoisotopic (exact) mass is 186 g/mol. The summed E-state index contributed by atoms with van der Waals surface area (Å²) >= 11 is 0. The Labute approximate surface area is 73.5 Å². The first-order valence-corrected chi connectivity index (χ1v) is 3.53. The Morgan fingerprint density at radius 1 is 1.38 bits per heavy atom. The lowest BCUT2D eigenvalue weighted by molar-refractivity contribution is -0.114. The zero-order valence-corrected chi connectivity index (χ0v) is 6.90. The molecule has 3 nitrogen and oxygen atoms in total. The van der Waals surface area contributed by atoms with Gasteiger partial charge in [0.2, 0.25) is 5.91 Å². The summed E-state index contributed by atoms with van der Waals surface area (Å²) in [5.74, 6) is -2.13. The molecule has 0 aliphatic heterocycles. The largest absolute Gasteiger partial charge is 0.396 e. The average molecular weight is 186 g/mol. The molecule has 0 aromatic heterocycles. The molecule has 0 fully saturated rings. The minimum absolute atomic E-state index is 0.119. The van der Waals surface area contributed by atoms with Gasteiger partial charge < -0.3 is 11.1 Å². The maximum Gasteiger partial charge on any atom is 0.221 e. The van der Waals surface area contributed by atoms with Crippen molar-refractivity contribution >= 4 is 17.3 Å².